The first-order chi connectivity index (χ1) is 19.0. The molecule has 6 rings (SSSR count). The Morgan fingerprint density at radius 3 is 1.87 bits per heavy atom. The number of likely N-dealkylation sites (tertiary alicyclic amines) is 1. The van der Waals surface area contributed by atoms with Gasteiger partial charge in [0, 0.05) is 45.0 Å². The third-order valence-corrected chi connectivity index (χ3v) is 8.86. The lowest BCUT2D eigenvalue weighted by molar-refractivity contribution is -0.127. The van der Waals surface area contributed by atoms with Crippen LogP contribution in [-0.2, 0) is 11.3 Å². The molecule has 3 saturated heterocycles. The first kappa shape index (κ1) is 25.6. The molecule has 0 unspecified atom stereocenters. The third-order valence-electron chi connectivity index (χ3n) is 8.86. The van der Waals surface area contributed by atoms with Crippen molar-refractivity contribution in [1.82, 2.24) is 9.80 Å². The molecule has 0 saturated carbocycles. The second-order valence-corrected chi connectivity index (χ2v) is 11.2. The number of anilines is 2. The molecule has 1 spiro atoms. The number of piperidine rings is 1. The van der Waals surface area contributed by atoms with Crippen LogP contribution >= 0.6 is 0 Å². The zero-order valence-corrected chi connectivity index (χ0v) is 23.1. The van der Waals surface area contributed by atoms with Crippen molar-refractivity contribution in [2.45, 2.75) is 51.6 Å². The van der Waals surface area contributed by atoms with Gasteiger partial charge in [-0.3, -0.25) is 9.69 Å². The molecule has 3 amide bonds. The Hall–Kier alpha value is -3.64. The number of rotatable bonds is 6. The van der Waals surface area contributed by atoms with E-state index in [0.717, 1.165) is 43.9 Å². The van der Waals surface area contributed by atoms with Crippen LogP contribution in [0.25, 0.3) is 11.1 Å². The summed E-state index contributed by atoms with van der Waals surface area (Å²) in [5, 5.41) is 0. The van der Waals surface area contributed by atoms with Crippen LogP contribution in [0.4, 0.5) is 16.2 Å². The summed E-state index contributed by atoms with van der Waals surface area (Å²) >= 11 is 0. The molecule has 202 valence electrons. The van der Waals surface area contributed by atoms with E-state index in [2.05, 4.69) is 65.3 Å². The molecule has 0 radical (unpaired) electrons. The first-order valence-electron chi connectivity index (χ1n) is 14.4. The number of hydrogen-bond donors (Lipinski definition) is 0. The average Bonchev–Trinajstić information content (AvgIpc) is 3.57. The van der Waals surface area contributed by atoms with E-state index >= 15 is 0 Å². The summed E-state index contributed by atoms with van der Waals surface area (Å²) in [6, 6.07) is 24.9. The van der Waals surface area contributed by atoms with Crippen LogP contribution in [-0.4, -0.2) is 60.0 Å². The molecule has 3 heterocycles. The van der Waals surface area contributed by atoms with Crippen molar-refractivity contribution in [2.24, 2.45) is 0 Å². The molecule has 0 aromatic heterocycles. The summed E-state index contributed by atoms with van der Waals surface area (Å²) in [6.45, 7) is 9.35. The molecule has 0 N–H and O–H groups in total. The lowest BCUT2D eigenvalue weighted by Crippen LogP contribution is -2.56. The number of aryl methyl sites for hydroxylation is 1. The molecule has 0 atom stereocenters. The lowest BCUT2D eigenvalue weighted by Gasteiger charge is -2.41. The van der Waals surface area contributed by atoms with E-state index < -0.39 is 5.54 Å². The predicted octanol–water partition coefficient (Wildman–Crippen LogP) is 6.09. The highest BCUT2D eigenvalue weighted by Gasteiger charge is 2.57. The Balaban J connectivity index is 1.14. The first-order valence-corrected chi connectivity index (χ1v) is 14.4. The number of likely N-dealkylation sites (N-methyl/N-ethyl adjacent to an activating group) is 1. The summed E-state index contributed by atoms with van der Waals surface area (Å²) in [5.74, 6) is -0.0768. The molecule has 3 aromatic rings. The van der Waals surface area contributed by atoms with Gasteiger partial charge < -0.3 is 9.80 Å². The van der Waals surface area contributed by atoms with Gasteiger partial charge in [0.2, 0.25) is 0 Å². The van der Waals surface area contributed by atoms with Crippen LogP contribution in [0.2, 0.25) is 0 Å². The number of urea groups is 1. The molecule has 3 aliphatic heterocycles. The number of nitrogens with zero attached hydrogens (tertiary/aromatic N) is 4. The largest absolute Gasteiger partial charge is 0.372 e. The Morgan fingerprint density at radius 1 is 0.718 bits per heavy atom. The molecule has 3 fully saturated rings. The van der Waals surface area contributed by atoms with Crippen molar-refractivity contribution < 1.29 is 9.59 Å². The van der Waals surface area contributed by atoms with Crippen molar-refractivity contribution >= 4 is 23.3 Å². The van der Waals surface area contributed by atoms with Crippen molar-refractivity contribution in [3.8, 4) is 11.1 Å². The topological polar surface area (TPSA) is 47.1 Å². The molecule has 3 aromatic carbocycles. The molecular weight excluding hydrogens is 484 g/mol. The third kappa shape index (κ3) is 4.71. The quantitative estimate of drug-likeness (QED) is 0.368. The van der Waals surface area contributed by atoms with E-state index in [1.807, 2.05) is 36.1 Å². The van der Waals surface area contributed by atoms with Gasteiger partial charge in [0.15, 0.2) is 0 Å². The van der Waals surface area contributed by atoms with Crippen molar-refractivity contribution in [1.29, 1.82) is 0 Å². The number of imide groups is 1. The number of amides is 3. The van der Waals surface area contributed by atoms with Gasteiger partial charge in [0.05, 0.1) is 5.69 Å². The molecular formula is C33H38N4O2. The van der Waals surface area contributed by atoms with E-state index in [1.54, 1.807) is 0 Å². The Bertz CT molecular complexity index is 1320. The summed E-state index contributed by atoms with van der Waals surface area (Å²) in [4.78, 5) is 35.6. The minimum absolute atomic E-state index is 0.0768. The maximum absolute atomic E-state index is 13.9. The van der Waals surface area contributed by atoms with Gasteiger partial charge in [-0.15, -0.1) is 0 Å². The highest BCUT2D eigenvalue weighted by molar-refractivity contribution is 6.23. The maximum atomic E-state index is 13.9. The van der Waals surface area contributed by atoms with Crippen LogP contribution < -0.4 is 9.80 Å². The zero-order valence-electron chi connectivity index (χ0n) is 23.1. The van der Waals surface area contributed by atoms with Gasteiger partial charge in [-0.1, -0.05) is 54.1 Å². The van der Waals surface area contributed by atoms with Gasteiger partial charge in [-0.2, -0.15) is 0 Å². The van der Waals surface area contributed by atoms with Crippen molar-refractivity contribution in [2.75, 3.05) is 42.5 Å². The van der Waals surface area contributed by atoms with Crippen LogP contribution in [0, 0.1) is 6.92 Å². The van der Waals surface area contributed by atoms with Crippen LogP contribution in [0.3, 0.4) is 0 Å². The number of carbonyl (C=O) groups excluding carboxylic acids is 2. The monoisotopic (exact) mass is 522 g/mol. The summed E-state index contributed by atoms with van der Waals surface area (Å²) in [6.07, 6.45) is 3.89. The van der Waals surface area contributed by atoms with E-state index in [9.17, 15) is 9.59 Å². The van der Waals surface area contributed by atoms with Gasteiger partial charge in [0.1, 0.15) is 5.54 Å². The van der Waals surface area contributed by atoms with Crippen molar-refractivity contribution in [3.63, 3.8) is 0 Å². The second kappa shape index (κ2) is 10.5. The smallest absolute Gasteiger partial charge is 0.332 e. The highest BCUT2D eigenvalue weighted by atomic mass is 16.2. The molecule has 6 nitrogen and oxygen atoms in total. The van der Waals surface area contributed by atoms with Gasteiger partial charge in [-0.25, -0.2) is 9.69 Å². The lowest BCUT2D eigenvalue weighted by atomic mass is 9.85. The van der Waals surface area contributed by atoms with Gasteiger partial charge in [0.25, 0.3) is 5.91 Å². The van der Waals surface area contributed by atoms with E-state index in [0.29, 0.717) is 25.1 Å². The van der Waals surface area contributed by atoms with Crippen LogP contribution in [0.15, 0.2) is 72.8 Å². The number of carbonyl (C=O) groups is 2. The Labute approximate surface area is 231 Å². The summed E-state index contributed by atoms with van der Waals surface area (Å²) < 4.78 is 0. The zero-order chi connectivity index (χ0) is 27.0. The Kier molecular flexibility index (Phi) is 6.90. The standard InChI is InChI=1S/C33H38N4O2/c1-3-36-32(39)37(30-16-12-28(13-17-30)27-10-6-25(2)7-11-27)31(38)33(36)18-22-34(23-19-33)24-26-8-14-29(15-9-26)35-20-4-5-21-35/h6-17H,3-5,18-24H2,1-2H3. The van der Waals surface area contributed by atoms with Gasteiger partial charge >= 0.3 is 6.03 Å². The predicted molar refractivity (Wildman–Crippen MR) is 157 cm³/mol. The molecule has 0 aliphatic carbocycles. The summed E-state index contributed by atoms with van der Waals surface area (Å²) in [5.41, 5.74) is 5.92. The average molecular weight is 523 g/mol. The van der Waals surface area contributed by atoms with E-state index in [-0.39, 0.29) is 11.9 Å². The second-order valence-electron chi connectivity index (χ2n) is 11.2. The fraction of sp³-hybridized carbons (Fsp3) is 0.394. The van der Waals surface area contributed by atoms with E-state index in [4.69, 9.17) is 0 Å². The summed E-state index contributed by atoms with van der Waals surface area (Å²) in [7, 11) is 0. The minimum Gasteiger partial charge on any atom is -0.372 e. The maximum Gasteiger partial charge on any atom is 0.332 e. The highest BCUT2D eigenvalue weighted by Crippen LogP contribution is 2.40. The number of hydrogen-bond acceptors (Lipinski definition) is 4. The molecule has 0 bridgehead atoms. The molecule has 3 aliphatic rings. The minimum atomic E-state index is -0.752. The van der Waals surface area contributed by atoms with E-state index in [1.165, 1.54) is 34.6 Å². The fourth-order valence-electron chi connectivity index (χ4n) is 6.54. The fourth-order valence-corrected chi connectivity index (χ4v) is 6.54. The normalized spacial score (nSPS) is 19.5. The van der Waals surface area contributed by atoms with Crippen LogP contribution in [0.1, 0.15) is 43.7 Å². The van der Waals surface area contributed by atoms with Gasteiger partial charge in [-0.05, 0) is 80.5 Å². The SMILES string of the molecule is CCN1C(=O)N(c2ccc(-c3ccc(C)cc3)cc2)C(=O)C12CCN(Cc1ccc(N3CCCC3)cc1)CC2. The number of benzene rings is 3. The van der Waals surface area contributed by atoms with Crippen LogP contribution in [0.5, 0.6) is 0 Å². The molecule has 6 heteroatoms. The Morgan fingerprint density at radius 2 is 1.28 bits per heavy atom. The van der Waals surface area contributed by atoms with Crippen molar-refractivity contribution in [3.05, 3.63) is 83.9 Å². The molecule has 39 heavy (non-hydrogen) atoms.